The van der Waals surface area contributed by atoms with Crippen molar-refractivity contribution in [3.8, 4) is 11.5 Å². The molecule has 0 saturated carbocycles. The number of phenolic OH excluding ortho intramolecular Hbond substituents is 1. The van der Waals surface area contributed by atoms with E-state index in [1.807, 2.05) is 0 Å². The lowest BCUT2D eigenvalue weighted by molar-refractivity contribution is -0.619. The highest BCUT2D eigenvalue weighted by atomic mass is 16.7. The number of aromatic hydroxyl groups is 1. The van der Waals surface area contributed by atoms with E-state index in [0.29, 0.717) is 0 Å². The van der Waals surface area contributed by atoms with Crippen LogP contribution in [0.25, 0.3) is 0 Å². The Morgan fingerprint density at radius 2 is 1.61 bits per heavy atom. The second kappa shape index (κ2) is 5.67. The van der Waals surface area contributed by atoms with E-state index in [4.69, 9.17) is 4.74 Å². The first kappa shape index (κ1) is 17.7. The summed E-state index contributed by atoms with van der Waals surface area (Å²) in [6, 6.07) is 9.91. The number of benzene rings is 2. The normalized spacial score (nSPS) is 26.7. The smallest absolute Gasteiger partial charge is 0.392 e. The van der Waals surface area contributed by atoms with Gasteiger partial charge in [0.15, 0.2) is 0 Å². The number of para-hydroxylation sites is 2. The number of carboxylic acids is 2. The molecule has 0 spiro atoms. The Balaban J connectivity index is 2.07. The van der Waals surface area contributed by atoms with Gasteiger partial charge in [-0.1, -0.05) is 36.4 Å². The maximum Gasteiger partial charge on any atom is 0.392 e. The number of hydrogen-bond acceptors (Lipinski definition) is 7. The Bertz CT molecular complexity index is 1010. The van der Waals surface area contributed by atoms with Crippen molar-refractivity contribution in [2.75, 3.05) is 0 Å². The van der Waals surface area contributed by atoms with Crippen molar-refractivity contribution in [1.29, 1.82) is 0 Å². The van der Waals surface area contributed by atoms with Crippen LogP contribution in [0.1, 0.15) is 23.1 Å². The summed E-state index contributed by atoms with van der Waals surface area (Å²) in [6.45, 7) is 0. The third-order valence-electron chi connectivity index (χ3n) is 5.34. The molecule has 4 rings (SSSR count). The molecule has 0 aliphatic carbocycles. The number of rotatable bonds is 4. The first-order valence-corrected chi connectivity index (χ1v) is 8.21. The van der Waals surface area contributed by atoms with Crippen LogP contribution in [0, 0.1) is 10.1 Å². The van der Waals surface area contributed by atoms with Gasteiger partial charge in [-0.25, -0.2) is 9.59 Å². The zero-order valence-electron chi connectivity index (χ0n) is 14.1. The van der Waals surface area contributed by atoms with Gasteiger partial charge in [-0.15, -0.1) is 0 Å². The summed E-state index contributed by atoms with van der Waals surface area (Å²) in [7, 11) is 0. The predicted molar refractivity (Wildman–Crippen MR) is 91.5 cm³/mol. The van der Waals surface area contributed by atoms with E-state index in [1.54, 1.807) is 6.07 Å². The summed E-state index contributed by atoms with van der Waals surface area (Å²) < 4.78 is 5.66. The van der Waals surface area contributed by atoms with Gasteiger partial charge < -0.3 is 20.1 Å². The Kier molecular flexibility index (Phi) is 3.59. The number of carbonyl (C=O) groups is 2. The second-order valence-corrected chi connectivity index (χ2v) is 6.64. The molecule has 4 N–H and O–H groups in total. The minimum atomic E-state index is -2.74. The number of fused-ring (bicyclic) bond motifs is 3. The number of aliphatic carboxylic acids is 2. The number of nitrogens with zero attached hydrogens (tertiary/aromatic N) is 1. The standard InChI is InChI=1S/C18H14N2O8/c21-11-7-3-1-5-9(11)14-18(20(26)27)13(10-6-2-4-8-12(10)28-18)17(19-14,15(22)23)16(24)25/h1-8,13-14,19,21H,(H,22,23)(H,24,25)/t13-,14+,18-/m0/s1. The van der Waals surface area contributed by atoms with Crippen molar-refractivity contribution in [1.82, 2.24) is 5.32 Å². The van der Waals surface area contributed by atoms with Crippen molar-refractivity contribution in [2.24, 2.45) is 0 Å². The molecule has 2 aromatic carbocycles. The Labute approximate surface area is 157 Å². The largest absolute Gasteiger partial charge is 0.508 e. The lowest BCUT2D eigenvalue weighted by atomic mass is 9.76. The van der Waals surface area contributed by atoms with Crippen molar-refractivity contribution in [2.45, 2.75) is 23.2 Å². The maximum absolute atomic E-state index is 12.3. The molecule has 0 amide bonds. The van der Waals surface area contributed by atoms with Gasteiger partial charge in [0.2, 0.25) is 5.54 Å². The average Bonchev–Trinajstić information content (AvgIpc) is 3.14. The molecule has 2 aliphatic heterocycles. The van der Waals surface area contributed by atoms with Crippen LogP contribution in [0.3, 0.4) is 0 Å². The van der Waals surface area contributed by atoms with Gasteiger partial charge in [-0.3, -0.25) is 15.4 Å². The molecule has 0 aromatic heterocycles. The fourth-order valence-corrected chi connectivity index (χ4v) is 4.20. The summed E-state index contributed by atoms with van der Waals surface area (Å²) in [4.78, 5) is 35.8. The molecule has 1 saturated heterocycles. The van der Waals surface area contributed by atoms with E-state index in [0.717, 1.165) is 0 Å². The van der Waals surface area contributed by atoms with E-state index < -0.39 is 40.1 Å². The van der Waals surface area contributed by atoms with Crippen LogP contribution in [-0.4, -0.2) is 43.4 Å². The molecular formula is C18H14N2O8. The molecule has 0 radical (unpaired) electrons. The minimum Gasteiger partial charge on any atom is -0.508 e. The number of ether oxygens (including phenoxy) is 1. The van der Waals surface area contributed by atoms with Crippen LogP contribution in [-0.2, 0) is 9.59 Å². The Morgan fingerprint density at radius 1 is 1.04 bits per heavy atom. The van der Waals surface area contributed by atoms with Gasteiger partial charge in [-0.2, -0.15) is 0 Å². The molecule has 0 unspecified atom stereocenters. The van der Waals surface area contributed by atoms with E-state index in [2.05, 4.69) is 5.32 Å². The van der Waals surface area contributed by atoms with E-state index >= 15 is 0 Å². The van der Waals surface area contributed by atoms with E-state index in [-0.39, 0.29) is 22.6 Å². The van der Waals surface area contributed by atoms with Crippen LogP contribution in [0.2, 0.25) is 0 Å². The number of nitro groups is 1. The van der Waals surface area contributed by atoms with Crippen LogP contribution in [0.4, 0.5) is 0 Å². The van der Waals surface area contributed by atoms with Crippen molar-refractivity contribution in [3.05, 3.63) is 69.8 Å². The first-order chi connectivity index (χ1) is 13.3. The molecule has 28 heavy (non-hydrogen) atoms. The molecule has 1 fully saturated rings. The van der Waals surface area contributed by atoms with Gasteiger partial charge in [0, 0.05) is 11.1 Å². The van der Waals surface area contributed by atoms with Gasteiger partial charge in [0.1, 0.15) is 23.5 Å². The highest BCUT2D eigenvalue weighted by Gasteiger charge is 2.82. The average molecular weight is 386 g/mol. The summed E-state index contributed by atoms with van der Waals surface area (Å²) in [6.07, 6.45) is 0. The number of hydrogen-bond donors (Lipinski definition) is 4. The van der Waals surface area contributed by atoms with Crippen LogP contribution in [0.5, 0.6) is 11.5 Å². The van der Waals surface area contributed by atoms with Gasteiger partial charge >= 0.3 is 17.7 Å². The number of carboxylic acid groups (broad SMARTS) is 2. The van der Waals surface area contributed by atoms with E-state index in [9.17, 15) is 35.0 Å². The Morgan fingerprint density at radius 3 is 2.18 bits per heavy atom. The fraction of sp³-hybridized carbons (Fsp3) is 0.222. The van der Waals surface area contributed by atoms with Crippen molar-refractivity contribution in [3.63, 3.8) is 0 Å². The fourth-order valence-electron chi connectivity index (χ4n) is 4.20. The molecule has 10 heteroatoms. The minimum absolute atomic E-state index is 0.0259. The van der Waals surface area contributed by atoms with Gasteiger partial charge in [-0.05, 0) is 12.1 Å². The summed E-state index contributed by atoms with van der Waals surface area (Å²) >= 11 is 0. The van der Waals surface area contributed by atoms with Crippen molar-refractivity contribution >= 4 is 11.9 Å². The first-order valence-electron chi connectivity index (χ1n) is 8.21. The monoisotopic (exact) mass is 386 g/mol. The third-order valence-corrected chi connectivity index (χ3v) is 5.34. The summed E-state index contributed by atoms with van der Waals surface area (Å²) in [5, 5.41) is 44.6. The van der Waals surface area contributed by atoms with Gasteiger partial charge in [0.25, 0.3) is 0 Å². The molecule has 2 aromatic rings. The lowest BCUT2D eigenvalue weighted by Crippen LogP contribution is -2.59. The number of nitrogens with one attached hydrogen (secondary N) is 1. The van der Waals surface area contributed by atoms with Gasteiger partial charge in [0.05, 0.1) is 4.92 Å². The zero-order valence-corrected chi connectivity index (χ0v) is 14.1. The Hall–Kier alpha value is -3.66. The molecule has 144 valence electrons. The lowest BCUT2D eigenvalue weighted by Gasteiger charge is -2.26. The second-order valence-electron chi connectivity index (χ2n) is 6.64. The van der Waals surface area contributed by atoms with Crippen LogP contribution >= 0.6 is 0 Å². The van der Waals surface area contributed by atoms with E-state index in [1.165, 1.54) is 42.5 Å². The molecule has 2 heterocycles. The topological polar surface area (TPSA) is 159 Å². The summed E-state index contributed by atoms with van der Waals surface area (Å²) in [5.74, 6) is -5.61. The van der Waals surface area contributed by atoms with Crippen LogP contribution < -0.4 is 10.1 Å². The molecular weight excluding hydrogens is 372 g/mol. The highest BCUT2D eigenvalue weighted by molar-refractivity contribution is 6.06. The quantitative estimate of drug-likeness (QED) is 0.343. The third kappa shape index (κ3) is 1.94. The SMILES string of the molecule is O=C(O)C1(C(=O)O)N[C@H](c2ccccc2O)[C@@]2([N+](=O)[O-])Oc3ccccc3[C@@H]12. The predicted octanol–water partition coefficient (Wildman–Crippen LogP) is 1.09. The summed E-state index contributed by atoms with van der Waals surface area (Å²) in [5.41, 5.74) is -5.18. The van der Waals surface area contributed by atoms with Crippen LogP contribution in [0.15, 0.2) is 48.5 Å². The van der Waals surface area contributed by atoms with Crippen molar-refractivity contribution < 1.29 is 34.6 Å². The highest BCUT2D eigenvalue weighted by Crippen LogP contribution is 2.60. The molecule has 2 aliphatic rings. The molecule has 3 atom stereocenters. The zero-order chi connectivity index (χ0) is 20.3. The molecule has 10 nitrogen and oxygen atoms in total. The maximum atomic E-state index is 12.3. The number of phenols is 1. The molecule has 0 bridgehead atoms.